The second-order valence-electron chi connectivity index (χ2n) is 8.21. The summed E-state index contributed by atoms with van der Waals surface area (Å²) in [7, 11) is 0. The fourth-order valence-corrected chi connectivity index (χ4v) is 6.48. The van der Waals surface area contributed by atoms with Crippen molar-refractivity contribution in [3.05, 3.63) is 29.3 Å². The van der Waals surface area contributed by atoms with Crippen LogP contribution in [0.25, 0.3) is 0 Å². The van der Waals surface area contributed by atoms with Crippen molar-refractivity contribution < 1.29 is 10.2 Å². The van der Waals surface area contributed by atoms with Gasteiger partial charge in [-0.25, -0.2) is 0 Å². The second kappa shape index (κ2) is 4.99. The highest BCUT2D eigenvalue weighted by molar-refractivity contribution is 5.40. The van der Waals surface area contributed by atoms with Gasteiger partial charge in [-0.1, -0.05) is 26.3 Å². The van der Waals surface area contributed by atoms with E-state index >= 15 is 0 Å². The molecule has 6 atom stereocenters. The number of aromatic hydroxyl groups is 1. The largest absolute Gasteiger partial charge is 0.508 e. The van der Waals surface area contributed by atoms with Crippen molar-refractivity contribution in [1.82, 2.24) is 0 Å². The van der Waals surface area contributed by atoms with Crippen molar-refractivity contribution in [1.29, 1.82) is 0 Å². The summed E-state index contributed by atoms with van der Waals surface area (Å²) in [6.45, 7) is 4.74. The second-order valence-corrected chi connectivity index (χ2v) is 8.21. The Labute approximate surface area is 133 Å². The standard InChI is InChI=1S/C20H28O2/c1-3-20-10-12(2)19-16-7-5-14(21)8-13(16)4-6-17(19)18(20)9-15(22)11-20/h5,7-8,12,15,17-19,21-22H,3-4,6,9-11H2,1-2H3/t12-,15-,17-,18-,19+,20+/m0/s1. The molecule has 2 saturated carbocycles. The quantitative estimate of drug-likeness (QED) is 0.814. The van der Waals surface area contributed by atoms with Crippen LogP contribution in [0.5, 0.6) is 5.75 Å². The van der Waals surface area contributed by atoms with E-state index in [-0.39, 0.29) is 6.10 Å². The van der Waals surface area contributed by atoms with E-state index < -0.39 is 0 Å². The van der Waals surface area contributed by atoms with E-state index in [0.717, 1.165) is 25.2 Å². The van der Waals surface area contributed by atoms with Gasteiger partial charge in [0.1, 0.15) is 5.75 Å². The van der Waals surface area contributed by atoms with Crippen molar-refractivity contribution in [2.75, 3.05) is 0 Å². The lowest BCUT2D eigenvalue weighted by atomic mass is 9.51. The van der Waals surface area contributed by atoms with E-state index in [1.54, 1.807) is 0 Å². The fraction of sp³-hybridized carbons (Fsp3) is 0.700. The number of rotatable bonds is 1. The molecule has 2 N–H and O–H groups in total. The Bertz CT molecular complexity index is 581. The molecule has 0 bridgehead atoms. The molecule has 3 aliphatic rings. The van der Waals surface area contributed by atoms with E-state index in [1.807, 2.05) is 12.1 Å². The summed E-state index contributed by atoms with van der Waals surface area (Å²) in [4.78, 5) is 0. The van der Waals surface area contributed by atoms with Crippen LogP contribution in [0.2, 0.25) is 0 Å². The Kier molecular flexibility index (Phi) is 3.30. The molecule has 2 nitrogen and oxygen atoms in total. The maximum atomic E-state index is 10.3. The molecule has 0 spiro atoms. The molecule has 0 amide bonds. The van der Waals surface area contributed by atoms with Gasteiger partial charge in [0.15, 0.2) is 0 Å². The molecule has 22 heavy (non-hydrogen) atoms. The fourth-order valence-electron chi connectivity index (χ4n) is 6.48. The molecule has 0 heterocycles. The van der Waals surface area contributed by atoms with Gasteiger partial charge in [-0.15, -0.1) is 0 Å². The van der Waals surface area contributed by atoms with Crippen LogP contribution in [0.15, 0.2) is 18.2 Å². The average Bonchev–Trinajstić information content (AvgIpc) is 2.83. The minimum Gasteiger partial charge on any atom is -0.508 e. The molecular formula is C20H28O2. The normalized spacial score (nSPS) is 43.3. The van der Waals surface area contributed by atoms with E-state index in [9.17, 15) is 10.2 Å². The topological polar surface area (TPSA) is 40.5 Å². The zero-order valence-electron chi connectivity index (χ0n) is 13.8. The van der Waals surface area contributed by atoms with Gasteiger partial charge in [0.2, 0.25) is 0 Å². The number of aliphatic hydroxyl groups is 1. The summed E-state index contributed by atoms with van der Waals surface area (Å²) in [5, 5.41) is 20.1. The van der Waals surface area contributed by atoms with Crippen molar-refractivity contribution in [2.45, 2.75) is 64.4 Å². The molecule has 0 aromatic heterocycles. The van der Waals surface area contributed by atoms with Gasteiger partial charge in [0, 0.05) is 0 Å². The van der Waals surface area contributed by atoms with Crippen molar-refractivity contribution in [2.24, 2.45) is 23.2 Å². The van der Waals surface area contributed by atoms with Crippen LogP contribution in [-0.2, 0) is 6.42 Å². The van der Waals surface area contributed by atoms with Gasteiger partial charge in [-0.2, -0.15) is 0 Å². The number of phenols is 1. The lowest BCUT2D eigenvalue weighted by Gasteiger charge is -2.53. The van der Waals surface area contributed by atoms with Gasteiger partial charge < -0.3 is 10.2 Å². The first-order valence-corrected chi connectivity index (χ1v) is 9.04. The smallest absolute Gasteiger partial charge is 0.115 e. The maximum absolute atomic E-state index is 10.3. The highest BCUT2D eigenvalue weighted by Crippen LogP contribution is 2.64. The summed E-state index contributed by atoms with van der Waals surface area (Å²) < 4.78 is 0. The summed E-state index contributed by atoms with van der Waals surface area (Å²) in [5.74, 6) is 3.11. The maximum Gasteiger partial charge on any atom is 0.115 e. The van der Waals surface area contributed by atoms with Crippen LogP contribution in [0.4, 0.5) is 0 Å². The molecule has 2 fully saturated rings. The first-order chi connectivity index (χ1) is 10.5. The zero-order valence-corrected chi connectivity index (χ0v) is 13.8. The van der Waals surface area contributed by atoms with E-state index in [4.69, 9.17) is 0 Å². The number of aliphatic hydroxyl groups excluding tert-OH is 1. The third-order valence-corrected chi connectivity index (χ3v) is 7.21. The van der Waals surface area contributed by atoms with Crippen molar-refractivity contribution in [3.8, 4) is 5.75 Å². The third kappa shape index (κ3) is 1.96. The van der Waals surface area contributed by atoms with E-state index in [1.165, 1.54) is 30.4 Å². The SMILES string of the molecule is CC[C@@]12C[C@@H](O)C[C@H]1[C@@H]1CCc3cc(O)ccc3[C@H]1[C@@H](C)C2. The zero-order chi connectivity index (χ0) is 15.5. The summed E-state index contributed by atoms with van der Waals surface area (Å²) in [6.07, 6.45) is 6.72. The molecule has 0 radical (unpaired) electrons. The Morgan fingerprint density at radius 2 is 2.09 bits per heavy atom. The van der Waals surface area contributed by atoms with E-state index in [2.05, 4.69) is 19.9 Å². The van der Waals surface area contributed by atoms with Gasteiger partial charge in [-0.3, -0.25) is 0 Å². The van der Waals surface area contributed by atoms with Gasteiger partial charge in [0.25, 0.3) is 0 Å². The Hall–Kier alpha value is -1.02. The molecule has 0 aliphatic heterocycles. The molecule has 0 unspecified atom stereocenters. The number of aryl methyl sites for hydroxylation is 1. The van der Waals surface area contributed by atoms with E-state index in [0.29, 0.717) is 28.9 Å². The lowest BCUT2D eigenvalue weighted by molar-refractivity contribution is 0.00694. The molecule has 0 saturated heterocycles. The number of hydrogen-bond acceptors (Lipinski definition) is 2. The molecule has 3 aliphatic carbocycles. The van der Waals surface area contributed by atoms with Crippen LogP contribution in [0.3, 0.4) is 0 Å². The summed E-state index contributed by atoms with van der Waals surface area (Å²) in [5.41, 5.74) is 3.22. The predicted octanol–water partition coefficient (Wildman–Crippen LogP) is 4.25. The van der Waals surface area contributed by atoms with Gasteiger partial charge >= 0.3 is 0 Å². The Balaban J connectivity index is 1.75. The molecule has 1 aromatic rings. The monoisotopic (exact) mass is 300 g/mol. The summed E-state index contributed by atoms with van der Waals surface area (Å²) >= 11 is 0. The van der Waals surface area contributed by atoms with Crippen LogP contribution >= 0.6 is 0 Å². The Morgan fingerprint density at radius 3 is 2.86 bits per heavy atom. The highest BCUT2D eigenvalue weighted by Gasteiger charge is 2.56. The number of fused-ring (bicyclic) bond motifs is 5. The molecule has 2 heteroatoms. The Morgan fingerprint density at radius 1 is 1.27 bits per heavy atom. The van der Waals surface area contributed by atoms with Crippen molar-refractivity contribution in [3.63, 3.8) is 0 Å². The number of phenolic OH excluding ortho intramolecular Hbond substituents is 1. The first kappa shape index (κ1) is 14.6. The predicted molar refractivity (Wildman–Crippen MR) is 87.9 cm³/mol. The molecule has 1 aromatic carbocycles. The molecule has 120 valence electrons. The van der Waals surface area contributed by atoms with Crippen LogP contribution in [0, 0.1) is 23.2 Å². The number of hydrogen-bond donors (Lipinski definition) is 2. The molecule has 4 rings (SSSR count). The van der Waals surface area contributed by atoms with Crippen molar-refractivity contribution >= 4 is 0 Å². The van der Waals surface area contributed by atoms with Crippen LogP contribution in [-0.4, -0.2) is 16.3 Å². The lowest BCUT2D eigenvalue weighted by Crippen LogP contribution is -2.44. The van der Waals surface area contributed by atoms with Gasteiger partial charge in [0.05, 0.1) is 6.10 Å². The van der Waals surface area contributed by atoms with Crippen LogP contribution in [0.1, 0.15) is 63.0 Å². The van der Waals surface area contributed by atoms with Crippen LogP contribution < -0.4 is 0 Å². The van der Waals surface area contributed by atoms with Gasteiger partial charge in [-0.05, 0) is 84.5 Å². The minimum atomic E-state index is -0.0860. The molecular weight excluding hydrogens is 272 g/mol. The highest BCUT2D eigenvalue weighted by atomic mass is 16.3. The third-order valence-electron chi connectivity index (χ3n) is 7.21. The number of benzene rings is 1. The minimum absolute atomic E-state index is 0.0860. The first-order valence-electron chi connectivity index (χ1n) is 9.04. The summed E-state index contributed by atoms with van der Waals surface area (Å²) in [6, 6.07) is 6.00. The average molecular weight is 300 g/mol.